The van der Waals surface area contributed by atoms with Gasteiger partial charge in [-0.1, -0.05) is 30.3 Å². The van der Waals surface area contributed by atoms with Crippen LogP contribution in [0.2, 0.25) is 0 Å². The molecular weight excluding hydrogens is 238 g/mol. The summed E-state index contributed by atoms with van der Waals surface area (Å²) in [6, 6.07) is 11.5. The van der Waals surface area contributed by atoms with Crippen molar-refractivity contribution in [2.45, 2.75) is 37.6 Å². The topological polar surface area (TPSA) is 41.5 Å². The monoisotopic (exact) mass is 263 g/mol. The van der Waals surface area contributed by atoms with E-state index < -0.39 is 0 Å². The Kier molecular flexibility index (Phi) is 6.34. The largest absolute Gasteiger partial charge is 0.394 e. The predicted octanol–water partition coefficient (Wildman–Crippen LogP) is 2.31. The van der Waals surface area contributed by atoms with Crippen molar-refractivity contribution in [3.8, 4) is 0 Å². The first kappa shape index (κ1) is 14.5. The molecule has 0 aliphatic heterocycles. The highest BCUT2D eigenvalue weighted by molar-refractivity contribution is 5.20. The maximum absolute atomic E-state index is 8.61. The van der Waals surface area contributed by atoms with Gasteiger partial charge >= 0.3 is 0 Å². The molecule has 0 atom stereocenters. The van der Waals surface area contributed by atoms with E-state index in [4.69, 9.17) is 9.84 Å². The van der Waals surface area contributed by atoms with E-state index in [2.05, 4.69) is 35.6 Å². The number of nitrogens with one attached hydrogen (secondary N) is 1. The van der Waals surface area contributed by atoms with Gasteiger partial charge in [-0.2, -0.15) is 0 Å². The molecule has 2 rings (SSSR count). The second-order valence-corrected chi connectivity index (χ2v) is 5.25. The Morgan fingerprint density at radius 2 is 1.79 bits per heavy atom. The molecule has 1 aromatic rings. The van der Waals surface area contributed by atoms with Crippen molar-refractivity contribution in [2.75, 3.05) is 26.4 Å². The van der Waals surface area contributed by atoms with Crippen LogP contribution in [-0.2, 0) is 4.74 Å². The number of benzene rings is 1. The molecule has 0 spiro atoms. The number of rotatable bonds is 7. The molecule has 1 aromatic carbocycles. The summed E-state index contributed by atoms with van der Waals surface area (Å²) in [6.45, 7) is 2.14. The molecule has 0 bridgehead atoms. The predicted molar refractivity (Wildman–Crippen MR) is 77.3 cm³/mol. The smallest absolute Gasteiger partial charge is 0.0698 e. The van der Waals surface area contributed by atoms with Crippen molar-refractivity contribution in [2.24, 2.45) is 0 Å². The quantitative estimate of drug-likeness (QED) is 0.742. The fourth-order valence-electron chi connectivity index (χ4n) is 2.86. The molecular formula is C16H25NO2. The van der Waals surface area contributed by atoms with Crippen LogP contribution in [-0.4, -0.2) is 37.5 Å². The number of ether oxygens (including phenoxy) is 1. The van der Waals surface area contributed by atoms with E-state index in [1.165, 1.54) is 31.2 Å². The van der Waals surface area contributed by atoms with Crippen LogP contribution in [0.4, 0.5) is 0 Å². The Morgan fingerprint density at radius 1 is 1.05 bits per heavy atom. The third kappa shape index (κ3) is 4.94. The van der Waals surface area contributed by atoms with Gasteiger partial charge in [0, 0.05) is 12.6 Å². The van der Waals surface area contributed by atoms with Gasteiger partial charge in [0.1, 0.15) is 0 Å². The molecule has 0 heterocycles. The van der Waals surface area contributed by atoms with Crippen molar-refractivity contribution in [3.63, 3.8) is 0 Å². The first-order valence-corrected chi connectivity index (χ1v) is 7.37. The lowest BCUT2D eigenvalue weighted by Crippen LogP contribution is -2.35. The minimum atomic E-state index is 0.113. The van der Waals surface area contributed by atoms with Crippen LogP contribution in [0, 0.1) is 0 Å². The minimum absolute atomic E-state index is 0.113. The van der Waals surface area contributed by atoms with Crippen molar-refractivity contribution in [1.82, 2.24) is 5.32 Å². The second kappa shape index (κ2) is 8.31. The summed E-state index contributed by atoms with van der Waals surface area (Å²) in [5.74, 6) is 0.741. The fraction of sp³-hybridized carbons (Fsp3) is 0.625. The zero-order chi connectivity index (χ0) is 13.3. The third-order valence-electron chi connectivity index (χ3n) is 3.91. The van der Waals surface area contributed by atoms with Crippen LogP contribution >= 0.6 is 0 Å². The molecule has 0 saturated heterocycles. The highest BCUT2D eigenvalue weighted by Gasteiger charge is 2.21. The Morgan fingerprint density at radius 3 is 2.47 bits per heavy atom. The molecule has 1 saturated carbocycles. The van der Waals surface area contributed by atoms with Crippen LogP contribution < -0.4 is 5.32 Å². The van der Waals surface area contributed by atoms with Gasteiger partial charge in [-0.15, -0.1) is 0 Å². The Hall–Kier alpha value is -0.900. The summed E-state index contributed by atoms with van der Waals surface area (Å²) in [4.78, 5) is 0. The fourth-order valence-corrected chi connectivity index (χ4v) is 2.86. The standard InChI is InChI=1S/C16H25NO2/c18-11-13-19-12-10-17-16-8-6-15(7-9-16)14-4-2-1-3-5-14/h1-5,15-18H,6-13H2. The number of aliphatic hydroxyl groups is 1. The molecule has 3 heteroatoms. The van der Waals surface area contributed by atoms with Gasteiger partial charge in [-0.3, -0.25) is 0 Å². The van der Waals surface area contributed by atoms with E-state index in [9.17, 15) is 0 Å². The average Bonchev–Trinajstić information content (AvgIpc) is 2.49. The summed E-state index contributed by atoms with van der Waals surface area (Å²) < 4.78 is 5.25. The van der Waals surface area contributed by atoms with Gasteiger partial charge in [-0.25, -0.2) is 0 Å². The first-order valence-electron chi connectivity index (χ1n) is 7.37. The zero-order valence-electron chi connectivity index (χ0n) is 11.6. The molecule has 0 aromatic heterocycles. The molecule has 0 amide bonds. The van der Waals surface area contributed by atoms with Gasteiger partial charge in [0.25, 0.3) is 0 Å². The van der Waals surface area contributed by atoms with Gasteiger partial charge in [0.2, 0.25) is 0 Å². The molecule has 1 aliphatic rings. The second-order valence-electron chi connectivity index (χ2n) is 5.25. The average molecular weight is 263 g/mol. The van der Waals surface area contributed by atoms with Gasteiger partial charge in [0.05, 0.1) is 19.8 Å². The normalized spacial score (nSPS) is 23.4. The summed E-state index contributed by atoms with van der Waals surface area (Å²) in [6.07, 6.45) is 5.05. The highest BCUT2D eigenvalue weighted by Crippen LogP contribution is 2.32. The number of aliphatic hydroxyl groups excluding tert-OH is 1. The third-order valence-corrected chi connectivity index (χ3v) is 3.91. The SMILES string of the molecule is OCCOCCNC1CCC(c2ccccc2)CC1. The van der Waals surface area contributed by atoms with E-state index in [1.54, 1.807) is 0 Å². The van der Waals surface area contributed by atoms with Gasteiger partial charge < -0.3 is 15.2 Å². The van der Waals surface area contributed by atoms with Crippen molar-refractivity contribution < 1.29 is 9.84 Å². The molecule has 106 valence electrons. The molecule has 2 N–H and O–H groups in total. The molecule has 1 aliphatic carbocycles. The van der Waals surface area contributed by atoms with Crippen LogP contribution in [0.15, 0.2) is 30.3 Å². The zero-order valence-corrected chi connectivity index (χ0v) is 11.6. The van der Waals surface area contributed by atoms with Crippen molar-refractivity contribution >= 4 is 0 Å². The van der Waals surface area contributed by atoms with E-state index in [-0.39, 0.29) is 6.61 Å². The van der Waals surface area contributed by atoms with Crippen LogP contribution in [0.25, 0.3) is 0 Å². The van der Waals surface area contributed by atoms with Crippen molar-refractivity contribution in [1.29, 1.82) is 0 Å². The molecule has 3 nitrogen and oxygen atoms in total. The van der Waals surface area contributed by atoms with Crippen LogP contribution in [0.3, 0.4) is 0 Å². The van der Waals surface area contributed by atoms with Crippen molar-refractivity contribution in [3.05, 3.63) is 35.9 Å². The summed E-state index contributed by atoms with van der Waals surface area (Å²) >= 11 is 0. The number of hydrogen-bond acceptors (Lipinski definition) is 3. The summed E-state index contributed by atoms with van der Waals surface area (Å²) in [5.41, 5.74) is 1.49. The Bertz CT molecular complexity index is 334. The van der Waals surface area contributed by atoms with E-state index in [0.717, 1.165) is 12.5 Å². The maximum Gasteiger partial charge on any atom is 0.0698 e. The van der Waals surface area contributed by atoms with E-state index >= 15 is 0 Å². The van der Waals surface area contributed by atoms with Gasteiger partial charge in [-0.05, 0) is 37.2 Å². The van der Waals surface area contributed by atoms with Gasteiger partial charge in [0.15, 0.2) is 0 Å². The lowest BCUT2D eigenvalue weighted by molar-refractivity contribution is 0.0916. The molecule has 0 unspecified atom stereocenters. The minimum Gasteiger partial charge on any atom is -0.394 e. The summed E-state index contributed by atoms with van der Waals surface area (Å²) in [7, 11) is 0. The molecule has 0 radical (unpaired) electrons. The maximum atomic E-state index is 8.61. The lowest BCUT2D eigenvalue weighted by atomic mass is 9.82. The first-order chi connectivity index (χ1) is 9.40. The Labute approximate surface area is 116 Å². The van der Waals surface area contributed by atoms with Crippen LogP contribution in [0.1, 0.15) is 37.2 Å². The van der Waals surface area contributed by atoms with E-state index in [1.807, 2.05) is 0 Å². The van der Waals surface area contributed by atoms with E-state index in [0.29, 0.717) is 19.3 Å². The number of hydrogen-bond donors (Lipinski definition) is 2. The lowest BCUT2D eigenvalue weighted by Gasteiger charge is -2.29. The highest BCUT2D eigenvalue weighted by atomic mass is 16.5. The summed E-state index contributed by atoms with van der Waals surface area (Å²) in [5, 5.41) is 12.2. The Balaban J connectivity index is 1.63. The molecule has 1 fully saturated rings. The van der Waals surface area contributed by atoms with Crippen LogP contribution in [0.5, 0.6) is 0 Å². The molecule has 19 heavy (non-hydrogen) atoms.